The van der Waals surface area contributed by atoms with Crippen LogP contribution in [0.5, 0.6) is 0 Å². The molecule has 0 spiro atoms. The van der Waals surface area contributed by atoms with E-state index in [-0.39, 0.29) is 17.0 Å². The highest BCUT2D eigenvalue weighted by atomic mass is 79.9. The number of aromatic nitrogens is 1. The molecule has 0 bridgehead atoms. The van der Waals surface area contributed by atoms with Crippen LogP contribution in [0.1, 0.15) is 96.5 Å². The van der Waals surface area contributed by atoms with E-state index in [2.05, 4.69) is 49.9 Å². The van der Waals surface area contributed by atoms with Crippen LogP contribution >= 0.6 is 0 Å². The fourth-order valence-electron chi connectivity index (χ4n) is 2.99. The molecule has 0 N–H and O–H groups in total. The Hall–Kier alpha value is -0.370. The Bertz CT molecular complexity index is 339. The molecule has 0 amide bonds. The van der Waals surface area contributed by atoms with Crippen molar-refractivity contribution >= 4 is 0 Å². The lowest BCUT2D eigenvalue weighted by molar-refractivity contribution is -0.697. The van der Waals surface area contributed by atoms with Crippen molar-refractivity contribution in [2.24, 2.45) is 0 Å². The quantitative estimate of drug-likeness (QED) is 0.393. The van der Waals surface area contributed by atoms with E-state index in [1.165, 1.54) is 70.8 Å². The minimum Gasteiger partial charge on any atom is -1.00 e. The molecule has 0 saturated carbocycles. The third-order valence-electron chi connectivity index (χ3n) is 4.47. The average Bonchev–Trinajstić information content (AvgIpc) is 2.53. The molecule has 1 nitrogen and oxygen atoms in total. The van der Waals surface area contributed by atoms with Crippen molar-refractivity contribution in [2.75, 3.05) is 0 Å². The van der Waals surface area contributed by atoms with Gasteiger partial charge in [-0.25, -0.2) is 4.57 Å². The first-order valence-electron chi connectivity index (χ1n) is 9.30. The Kier molecular flexibility index (Phi) is 14.0. The summed E-state index contributed by atoms with van der Waals surface area (Å²) < 4.78 is 2.36. The van der Waals surface area contributed by atoms with E-state index in [0.29, 0.717) is 0 Å². The van der Waals surface area contributed by atoms with Crippen LogP contribution in [0.4, 0.5) is 0 Å². The van der Waals surface area contributed by atoms with Crippen molar-refractivity contribution in [3.05, 3.63) is 30.1 Å². The molecule has 0 saturated heterocycles. The molecule has 1 heterocycles. The van der Waals surface area contributed by atoms with E-state index in [1.54, 1.807) is 5.56 Å². The summed E-state index contributed by atoms with van der Waals surface area (Å²) in [6.45, 7) is 8.04. The highest BCUT2D eigenvalue weighted by Crippen LogP contribution is 2.26. The number of halogens is 1. The van der Waals surface area contributed by atoms with Crippen LogP contribution in [-0.2, 0) is 6.54 Å². The zero-order valence-corrected chi connectivity index (χ0v) is 16.6. The van der Waals surface area contributed by atoms with Crippen LogP contribution in [0.15, 0.2) is 24.5 Å². The molecule has 0 radical (unpaired) electrons. The molecule has 0 aromatic carbocycles. The summed E-state index contributed by atoms with van der Waals surface area (Å²) in [7, 11) is 0. The topological polar surface area (TPSA) is 3.88 Å². The van der Waals surface area contributed by atoms with Crippen molar-refractivity contribution in [3.8, 4) is 0 Å². The van der Waals surface area contributed by atoms with Gasteiger partial charge in [-0.2, -0.15) is 0 Å². The molecule has 0 atom stereocenters. The summed E-state index contributed by atoms with van der Waals surface area (Å²) in [5, 5.41) is 0. The van der Waals surface area contributed by atoms with Gasteiger partial charge in [0.05, 0.1) is 0 Å². The third kappa shape index (κ3) is 8.92. The van der Waals surface area contributed by atoms with E-state index in [0.717, 1.165) is 5.92 Å². The fourth-order valence-corrected chi connectivity index (χ4v) is 2.99. The largest absolute Gasteiger partial charge is 1.00 e. The minimum absolute atomic E-state index is 0. The van der Waals surface area contributed by atoms with Crippen LogP contribution in [0.3, 0.4) is 0 Å². The van der Waals surface area contributed by atoms with E-state index >= 15 is 0 Å². The van der Waals surface area contributed by atoms with Crippen LogP contribution in [-0.4, -0.2) is 0 Å². The van der Waals surface area contributed by atoms with Crippen LogP contribution in [0, 0.1) is 0 Å². The van der Waals surface area contributed by atoms with Crippen molar-refractivity contribution in [1.82, 2.24) is 0 Å². The molecule has 128 valence electrons. The van der Waals surface area contributed by atoms with Crippen molar-refractivity contribution < 1.29 is 21.5 Å². The monoisotopic (exact) mass is 369 g/mol. The van der Waals surface area contributed by atoms with Gasteiger partial charge in [-0.1, -0.05) is 59.3 Å². The number of nitrogens with zero attached hydrogens (tertiary/aromatic N) is 1. The van der Waals surface area contributed by atoms with Gasteiger partial charge in [-0.15, -0.1) is 0 Å². The Morgan fingerprint density at radius 2 is 1.32 bits per heavy atom. The number of hydrogen-bond acceptors (Lipinski definition) is 0. The maximum Gasteiger partial charge on any atom is 0.169 e. The number of pyridine rings is 1. The van der Waals surface area contributed by atoms with E-state index in [4.69, 9.17) is 0 Å². The van der Waals surface area contributed by atoms with E-state index < -0.39 is 0 Å². The Labute approximate surface area is 149 Å². The second kappa shape index (κ2) is 14.2. The number of aryl methyl sites for hydroxylation is 1. The fraction of sp³-hybridized carbons (Fsp3) is 0.750. The second-order valence-corrected chi connectivity index (χ2v) is 6.41. The summed E-state index contributed by atoms with van der Waals surface area (Å²) in [6.07, 6.45) is 18.0. The molecule has 0 aliphatic carbocycles. The van der Waals surface area contributed by atoms with Crippen molar-refractivity contribution in [3.63, 3.8) is 0 Å². The third-order valence-corrected chi connectivity index (χ3v) is 4.47. The molecule has 1 aromatic rings. The van der Waals surface area contributed by atoms with Gasteiger partial charge in [0.25, 0.3) is 0 Å². The van der Waals surface area contributed by atoms with Crippen LogP contribution < -0.4 is 21.5 Å². The van der Waals surface area contributed by atoms with Crippen molar-refractivity contribution in [1.29, 1.82) is 0 Å². The second-order valence-electron chi connectivity index (χ2n) is 6.41. The predicted octanol–water partition coefficient (Wildman–Crippen LogP) is 3.02. The van der Waals surface area contributed by atoms with E-state index in [9.17, 15) is 0 Å². The van der Waals surface area contributed by atoms with Crippen LogP contribution in [0.25, 0.3) is 0 Å². The molecule has 22 heavy (non-hydrogen) atoms. The summed E-state index contributed by atoms with van der Waals surface area (Å²) in [5.74, 6) is 0.777. The Morgan fingerprint density at radius 3 is 1.82 bits per heavy atom. The molecular weight excluding hydrogens is 334 g/mol. The lowest BCUT2D eigenvalue weighted by Crippen LogP contribution is -3.00. The summed E-state index contributed by atoms with van der Waals surface area (Å²) in [4.78, 5) is 0. The van der Waals surface area contributed by atoms with Gasteiger partial charge in [0.15, 0.2) is 12.4 Å². The average molecular weight is 370 g/mol. The molecule has 0 unspecified atom stereocenters. The lowest BCUT2D eigenvalue weighted by atomic mass is 9.89. The summed E-state index contributed by atoms with van der Waals surface area (Å²) in [6, 6.07) is 4.74. The first-order valence-corrected chi connectivity index (χ1v) is 9.30. The predicted molar refractivity (Wildman–Crippen MR) is 92.6 cm³/mol. The number of hydrogen-bond donors (Lipinski definition) is 0. The standard InChI is InChI=1S/C20H36N.BrH/c1-4-7-10-11-16-21-17-14-20(15-18-21)19(12-8-5-2)13-9-6-3;/h14-15,17-19H,4-13,16H2,1-3H3;1H/q+1;/p-1. The molecule has 0 fully saturated rings. The number of unbranched alkanes of at least 4 members (excludes halogenated alkanes) is 5. The highest BCUT2D eigenvalue weighted by molar-refractivity contribution is 5.13. The highest BCUT2D eigenvalue weighted by Gasteiger charge is 2.12. The summed E-state index contributed by atoms with van der Waals surface area (Å²) in [5.41, 5.74) is 1.56. The zero-order valence-electron chi connectivity index (χ0n) is 15.0. The van der Waals surface area contributed by atoms with Crippen LogP contribution in [0.2, 0.25) is 0 Å². The van der Waals surface area contributed by atoms with Gasteiger partial charge in [-0.3, -0.25) is 0 Å². The van der Waals surface area contributed by atoms with Gasteiger partial charge < -0.3 is 17.0 Å². The van der Waals surface area contributed by atoms with Gasteiger partial charge in [0.2, 0.25) is 0 Å². The van der Waals surface area contributed by atoms with Gasteiger partial charge in [-0.05, 0) is 30.7 Å². The minimum atomic E-state index is 0. The lowest BCUT2D eigenvalue weighted by Gasteiger charge is -2.16. The van der Waals surface area contributed by atoms with Gasteiger partial charge in [0.1, 0.15) is 6.54 Å². The molecule has 1 aromatic heterocycles. The van der Waals surface area contributed by atoms with E-state index in [1.807, 2.05) is 0 Å². The molecule has 1 rings (SSSR count). The molecule has 2 heteroatoms. The van der Waals surface area contributed by atoms with Crippen molar-refractivity contribution in [2.45, 2.75) is 97.4 Å². The molecule has 0 aliphatic heterocycles. The Morgan fingerprint density at radius 1 is 0.773 bits per heavy atom. The normalized spacial score (nSPS) is 10.7. The first-order chi connectivity index (χ1) is 10.3. The molecular formula is C20H36BrN. The SMILES string of the molecule is CCCCCC[n+]1ccc(C(CCCC)CCCC)cc1.[Br-]. The van der Waals surface area contributed by atoms with Gasteiger partial charge in [0, 0.05) is 18.6 Å². The Balaban J connectivity index is 0.00000441. The summed E-state index contributed by atoms with van der Waals surface area (Å²) >= 11 is 0. The maximum atomic E-state index is 2.37. The smallest absolute Gasteiger partial charge is 0.169 e. The maximum absolute atomic E-state index is 2.37. The first kappa shape index (κ1) is 21.6. The molecule has 0 aliphatic rings. The zero-order chi connectivity index (χ0) is 15.3. The van der Waals surface area contributed by atoms with Gasteiger partial charge >= 0.3 is 0 Å². The number of rotatable bonds is 12.